The van der Waals surface area contributed by atoms with Crippen molar-refractivity contribution >= 4 is 82.6 Å². The first kappa shape index (κ1) is 17.9. The van der Waals surface area contributed by atoms with E-state index in [2.05, 4.69) is 8.75 Å². The number of carboxylic acid groups (broad SMARTS) is 2. The monoisotopic (exact) mass is 412 g/mol. The van der Waals surface area contributed by atoms with Crippen LogP contribution in [0.4, 0.5) is 0 Å². The molecule has 0 saturated carbocycles. The molecule has 0 aliphatic heterocycles. The van der Waals surface area contributed by atoms with Gasteiger partial charge in [0.25, 0.3) is 0 Å². The van der Waals surface area contributed by atoms with Crippen molar-refractivity contribution in [3.63, 3.8) is 0 Å². The number of rotatable bonds is 4. The number of benzene rings is 1. The minimum Gasteiger partial charge on any atom is -0.478 e. The molecular formula is C16H10B2N2O4S3. The van der Waals surface area contributed by atoms with Gasteiger partial charge in [0.05, 0.1) is 22.9 Å². The lowest BCUT2D eigenvalue weighted by atomic mass is 9.92. The Morgan fingerprint density at radius 2 is 1.19 bits per heavy atom. The van der Waals surface area contributed by atoms with Gasteiger partial charge in [-0.05, 0) is 21.7 Å². The Hall–Kier alpha value is -2.49. The Labute approximate surface area is 167 Å². The van der Waals surface area contributed by atoms with E-state index >= 15 is 0 Å². The van der Waals surface area contributed by atoms with Crippen molar-refractivity contribution in [1.29, 1.82) is 0 Å². The van der Waals surface area contributed by atoms with Gasteiger partial charge in [0.2, 0.25) is 0 Å². The zero-order chi connectivity index (χ0) is 19.3. The zero-order valence-corrected chi connectivity index (χ0v) is 16.6. The lowest BCUT2D eigenvalue weighted by Crippen LogP contribution is -2.12. The molecule has 1 aromatic carbocycles. The molecule has 0 radical (unpaired) electrons. The predicted molar refractivity (Wildman–Crippen MR) is 114 cm³/mol. The number of thiophene rings is 2. The molecule has 6 nitrogen and oxygen atoms in total. The summed E-state index contributed by atoms with van der Waals surface area (Å²) in [7, 11) is 3.82. The van der Waals surface area contributed by atoms with Gasteiger partial charge in [-0.3, -0.25) is 0 Å². The highest BCUT2D eigenvalue weighted by Gasteiger charge is 2.32. The van der Waals surface area contributed by atoms with Gasteiger partial charge in [-0.15, -0.1) is 0 Å². The van der Waals surface area contributed by atoms with Gasteiger partial charge in [0.1, 0.15) is 11.0 Å². The molecule has 11 heteroatoms. The highest BCUT2D eigenvalue weighted by atomic mass is 32.1. The second-order valence-corrected chi connectivity index (χ2v) is 9.00. The van der Waals surface area contributed by atoms with E-state index in [9.17, 15) is 19.8 Å². The minimum absolute atomic E-state index is 0.245. The highest BCUT2D eigenvalue weighted by molar-refractivity contribution is 7.23. The van der Waals surface area contributed by atoms with E-state index in [0.717, 1.165) is 21.3 Å². The standard InChI is InChI=1S/C16H10B2N2O4S3/c17-7-3-1-5(25-7)9-11(15(21)22)12(16(23)24)10(6-2-4-8(18)26-6)14-13(9)19-27-20-14/h1-4H,17-18H2,(H,21,22)(H,23,24). The van der Waals surface area contributed by atoms with E-state index in [0.29, 0.717) is 31.9 Å². The lowest BCUT2D eigenvalue weighted by Gasteiger charge is -2.13. The van der Waals surface area contributed by atoms with Gasteiger partial charge >= 0.3 is 11.9 Å². The van der Waals surface area contributed by atoms with Crippen LogP contribution in [0.3, 0.4) is 0 Å². The number of hydrogen-bond donors (Lipinski definition) is 2. The van der Waals surface area contributed by atoms with Crippen LogP contribution in [0.1, 0.15) is 20.7 Å². The Balaban J connectivity index is 2.23. The van der Waals surface area contributed by atoms with Crippen molar-refractivity contribution in [1.82, 2.24) is 8.75 Å². The van der Waals surface area contributed by atoms with Crippen LogP contribution in [0.2, 0.25) is 0 Å². The molecule has 3 heterocycles. The van der Waals surface area contributed by atoms with Gasteiger partial charge in [0.15, 0.2) is 15.7 Å². The third-order valence-corrected chi connectivity index (χ3v) is 6.68. The number of carbonyl (C=O) groups is 2. The molecule has 0 spiro atoms. The summed E-state index contributed by atoms with van der Waals surface area (Å²) in [5.74, 6) is -2.59. The molecule has 27 heavy (non-hydrogen) atoms. The van der Waals surface area contributed by atoms with Crippen molar-refractivity contribution in [2.75, 3.05) is 0 Å². The first-order chi connectivity index (χ1) is 12.9. The molecule has 0 saturated heterocycles. The molecule has 4 aromatic rings. The van der Waals surface area contributed by atoms with Crippen LogP contribution >= 0.6 is 34.4 Å². The quantitative estimate of drug-likeness (QED) is 0.487. The van der Waals surface area contributed by atoms with Crippen molar-refractivity contribution < 1.29 is 19.8 Å². The molecule has 0 bridgehead atoms. The van der Waals surface area contributed by atoms with Crippen molar-refractivity contribution in [3.8, 4) is 20.9 Å². The summed E-state index contributed by atoms with van der Waals surface area (Å²) in [5.41, 5.74) is 0.990. The minimum atomic E-state index is -1.29. The lowest BCUT2D eigenvalue weighted by molar-refractivity contribution is 0.0653. The molecule has 0 amide bonds. The van der Waals surface area contributed by atoms with E-state index in [4.69, 9.17) is 0 Å². The predicted octanol–water partition coefficient (Wildman–Crippen LogP) is 1.06. The average Bonchev–Trinajstić information content (AvgIpc) is 3.33. The first-order valence-electron chi connectivity index (χ1n) is 7.81. The highest BCUT2D eigenvalue weighted by Crippen LogP contribution is 2.43. The van der Waals surface area contributed by atoms with Crippen LogP contribution in [0.15, 0.2) is 24.3 Å². The summed E-state index contributed by atoms with van der Waals surface area (Å²) in [6.07, 6.45) is 0. The van der Waals surface area contributed by atoms with Gasteiger partial charge in [0, 0.05) is 20.9 Å². The third kappa shape index (κ3) is 2.87. The fraction of sp³-hybridized carbons (Fsp3) is 0. The second kappa shape index (κ2) is 6.59. The summed E-state index contributed by atoms with van der Waals surface area (Å²) in [6, 6.07) is 7.32. The van der Waals surface area contributed by atoms with Crippen molar-refractivity contribution in [2.45, 2.75) is 0 Å². The molecule has 132 valence electrons. The number of nitrogens with zero attached hydrogens (tertiary/aromatic N) is 2. The summed E-state index contributed by atoms with van der Waals surface area (Å²) < 4.78 is 10.6. The van der Waals surface area contributed by atoms with E-state index in [1.54, 1.807) is 12.1 Å². The number of hydrogen-bond acceptors (Lipinski definition) is 7. The van der Waals surface area contributed by atoms with Crippen molar-refractivity contribution in [3.05, 3.63) is 35.4 Å². The molecule has 0 unspecified atom stereocenters. The Morgan fingerprint density at radius 3 is 1.48 bits per heavy atom. The Bertz CT molecular complexity index is 1140. The largest absolute Gasteiger partial charge is 0.478 e. The van der Waals surface area contributed by atoms with Crippen LogP contribution in [0.5, 0.6) is 0 Å². The fourth-order valence-electron chi connectivity index (χ4n) is 3.05. The molecular weight excluding hydrogens is 402 g/mol. The Morgan fingerprint density at radius 1 is 0.778 bits per heavy atom. The van der Waals surface area contributed by atoms with Crippen LogP contribution < -0.4 is 9.55 Å². The molecule has 4 rings (SSSR count). The summed E-state index contributed by atoms with van der Waals surface area (Å²) in [6.45, 7) is 0. The number of carboxylic acids is 2. The fourth-order valence-corrected chi connectivity index (χ4v) is 5.45. The van der Waals surface area contributed by atoms with Gasteiger partial charge < -0.3 is 10.2 Å². The summed E-state index contributed by atoms with van der Waals surface area (Å²) in [4.78, 5) is 25.7. The number of fused-ring (bicyclic) bond motifs is 1. The SMILES string of the molecule is Bc1ccc(-c2c(C(=O)O)c(C(=O)O)c(-c3ccc(B)s3)c3nsnc23)s1. The second-order valence-electron chi connectivity index (χ2n) is 5.89. The van der Waals surface area contributed by atoms with Crippen LogP contribution in [0, 0.1) is 0 Å². The smallest absolute Gasteiger partial charge is 0.337 e. The van der Waals surface area contributed by atoms with Gasteiger partial charge in [-0.2, -0.15) is 31.4 Å². The normalized spacial score (nSPS) is 11.1. The van der Waals surface area contributed by atoms with E-state index in [1.165, 1.54) is 22.7 Å². The van der Waals surface area contributed by atoms with Crippen LogP contribution in [0.25, 0.3) is 31.9 Å². The van der Waals surface area contributed by atoms with E-state index < -0.39 is 11.9 Å². The average molecular weight is 412 g/mol. The molecule has 0 fully saturated rings. The first-order valence-corrected chi connectivity index (χ1v) is 10.2. The summed E-state index contributed by atoms with van der Waals surface area (Å²) in [5, 5.41) is 19.9. The number of aromatic carboxylic acids is 2. The molecule has 0 atom stereocenters. The maximum absolute atomic E-state index is 12.2. The third-order valence-electron chi connectivity index (χ3n) is 4.11. The maximum atomic E-state index is 12.2. The van der Waals surface area contributed by atoms with E-state index in [-0.39, 0.29) is 11.1 Å². The van der Waals surface area contributed by atoms with Gasteiger partial charge in [-0.25, -0.2) is 9.59 Å². The molecule has 0 aliphatic rings. The summed E-state index contributed by atoms with van der Waals surface area (Å²) >= 11 is 3.75. The van der Waals surface area contributed by atoms with Crippen LogP contribution in [-0.2, 0) is 0 Å². The number of aromatic nitrogens is 2. The molecule has 0 aliphatic carbocycles. The van der Waals surface area contributed by atoms with E-state index in [1.807, 2.05) is 27.8 Å². The Kier molecular flexibility index (Phi) is 4.37. The van der Waals surface area contributed by atoms with Gasteiger partial charge in [-0.1, -0.05) is 12.1 Å². The topological polar surface area (TPSA) is 100 Å². The molecule has 3 aromatic heterocycles. The van der Waals surface area contributed by atoms with Crippen molar-refractivity contribution in [2.24, 2.45) is 0 Å². The zero-order valence-electron chi connectivity index (χ0n) is 14.1. The maximum Gasteiger partial charge on any atom is 0.337 e. The van der Waals surface area contributed by atoms with Crippen LogP contribution in [-0.4, -0.2) is 46.6 Å². The molecule has 2 N–H and O–H groups in total.